The quantitative estimate of drug-likeness (QED) is 0.617. The minimum Gasteiger partial charge on any atom is -0.396 e. The van der Waals surface area contributed by atoms with E-state index in [9.17, 15) is 5.11 Å². The highest BCUT2D eigenvalue weighted by Crippen LogP contribution is 2.27. The van der Waals surface area contributed by atoms with E-state index in [-0.39, 0.29) is 5.54 Å². The van der Waals surface area contributed by atoms with E-state index in [2.05, 4.69) is 19.2 Å². The molecule has 1 fully saturated rings. The van der Waals surface area contributed by atoms with Gasteiger partial charge in [0.15, 0.2) is 0 Å². The molecule has 14 heavy (non-hydrogen) atoms. The van der Waals surface area contributed by atoms with Crippen molar-refractivity contribution >= 4 is 0 Å². The van der Waals surface area contributed by atoms with E-state index in [0.29, 0.717) is 25.1 Å². The summed E-state index contributed by atoms with van der Waals surface area (Å²) in [5.74, 6) is 0.437. The Morgan fingerprint density at radius 2 is 2.21 bits per heavy atom. The standard InChI is InChI=1S/C11H24N2O/c1-3-11(2,8-12)13-10-6-4-5-9(10)7-14/h9-10,13-14H,3-8,12H2,1-2H3. The average Bonchev–Trinajstić information content (AvgIpc) is 2.65. The van der Waals surface area contributed by atoms with Gasteiger partial charge in [0.25, 0.3) is 0 Å². The van der Waals surface area contributed by atoms with Gasteiger partial charge in [-0.3, -0.25) is 0 Å². The Labute approximate surface area is 87.1 Å². The fourth-order valence-electron chi connectivity index (χ4n) is 2.20. The first-order valence-corrected chi connectivity index (χ1v) is 5.74. The number of aliphatic hydroxyl groups excluding tert-OH is 1. The van der Waals surface area contributed by atoms with Crippen LogP contribution in [0.5, 0.6) is 0 Å². The normalized spacial score (nSPS) is 31.7. The highest BCUT2D eigenvalue weighted by atomic mass is 16.3. The maximum atomic E-state index is 9.21. The zero-order chi connectivity index (χ0) is 10.6. The van der Waals surface area contributed by atoms with Crippen molar-refractivity contribution in [3.05, 3.63) is 0 Å². The van der Waals surface area contributed by atoms with Crippen molar-refractivity contribution < 1.29 is 5.11 Å². The van der Waals surface area contributed by atoms with Crippen LogP contribution in [0.2, 0.25) is 0 Å². The number of hydrogen-bond donors (Lipinski definition) is 3. The zero-order valence-corrected chi connectivity index (χ0v) is 9.42. The zero-order valence-electron chi connectivity index (χ0n) is 9.42. The molecule has 0 saturated heterocycles. The molecule has 0 heterocycles. The number of hydrogen-bond acceptors (Lipinski definition) is 3. The van der Waals surface area contributed by atoms with Gasteiger partial charge >= 0.3 is 0 Å². The molecule has 3 atom stereocenters. The predicted octanol–water partition coefficient (Wildman–Crippen LogP) is 0.864. The second-order valence-corrected chi connectivity index (χ2v) is 4.74. The number of nitrogens with one attached hydrogen (secondary N) is 1. The minimum absolute atomic E-state index is 0.0441. The molecular weight excluding hydrogens is 176 g/mol. The summed E-state index contributed by atoms with van der Waals surface area (Å²) in [5.41, 5.74) is 5.80. The molecule has 0 aromatic carbocycles. The Kier molecular flexibility index (Phi) is 4.35. The van der Waals surface area contributed by atoms with Crippen molar-refractivity contribution in [3.8, 4) is 0 Å². The van der Waals surface area contributed by atoms with Crippen LogP contribution < -0.4 is 11.1 Å². The van der Waals surface area contributed by atoms with Crippen LogP contribution in [0, 0.1) is 5.92 Å². The Morgan fingerprint density at radius 1 is 1.50 bits per heavy atom. The van der Waals surface area contributed by atoms with Crippen LogP contribution in [0.1, 0.15) is 39.5 Å². The summed E-state index contributed by atoms with van der Waals surface area (Å²) in [6.07, 6.45) is 4.60. The first kappa shape index (κ1) is 12.0. The van der Waals surface area contributed by atoms with Crippen molar-refractivity contribution in [1.29, 1.82) is 0 Å². The molecule has 3 nitrogen and oxygen atoms in total. The van der Waals surface area contributed by atoms with Gasteiger partial charge in [0, 0.05) is 24.7 Å². The van der Waals surface area contributed by atoms with E-state index < -0.39 is 0 Å². The Bertz CT molecular complexity index is 169. The predicted molar refractivity (Wildman–Crippen MR) is 59.1 cm³/mol. The van der Waals surface area contributed by atoms with E-state index >= 15 is 0 Å². The van der Waals surface area contributed by atoms with Crippen molar-refractivity contribution in [2.75, 3.05) is 13.2 Å². The van der Waals surface area contributed by atoms with Crippen molar-refractivity contribution in [2.24, 2.45) is 11.7 Å². The van der Waals surface area contributed by atoms with Crippen molar-refractivity contribution in [2.45, 2.75) is 51.1 Å². The van der Waals surface area contributed by atoms with Gasteiger partial charge in [0.1, 0.15) is 0 Å². The molecule has 84 valence electrons. The third-order valence-corrected chi connectivity index (χ3v) is 3.66. The number of rotatable bonds is 5. The summed E-state index contributed by atoms with van der Waals surface area (Å²) in [6.45, 7) is 5.29. The topological polar surface area (TPSA) is 58.3 Å². The summed E-state index contributed by atoms with van der Waals surface area (Å²) in [7, 11) is 0. The van der Waals surface area contributed by atoms with Gasteiger partial charge in [-0.1, -0.05) is 13.3 Å². The fourth-order valence-corrected chi connectivity index (χ4v) is 2.20. The summed E-state index contributed by atoms with van der Waals surface area (Å²) in [4.78, 5) is 0. The SMILES string of the molecule is CCC(C)(CN)NC1CCCC1CO. The molecule has 1 rings (SSSR count). The lowest BCUT2D eigenvalue weighted by atomic mass is 9.95. The van der Waals surface area contributed by atoms with Crippen LogP contribution in [0.15, 0.2) is 0 Å². The maximum Gasteiger partial charge on any atom is 0.0474 e. The second kappa shape index (κ2) is 5.10. The molecule has 0 amide bonds. The molecule has 0 spiro atoms. The monoisotopic (exact) mass is 200 g/mol. The first-order valence-electron chi connectivity index (χ1n) is 5.74. The molecule has 1 aliphatic carbocycles. The molecular formula is C11H24N2O. The highest BCUT2D eigenvalue weighted by Gasteiger charge is 2.31. The van der Waals surface area contributed by atoms with E-state index in [4.69, 9.17) is 5.73 Å². The molecule has 0 radical (unpaired) electrons. The lowest BCUT2D eigenvalue weighted by molar-refractivity contribution is 0.183. The van der Waals surface area contributed by atoms with E-state index in [1.807, 2.05) is 0 Å². The summed E-state index contributed by atoms with van der Waals surface area (Å²) in [5, 5.41) is 12.8. The van der Waals surface area contributed by atoms with Gasteiger partial charge in [-0.15, -0.1) is 0 Å². The lowest BCUT2D eigenvalue weighted by Crippen LogP contribution is -2.54. The fraction of sp³-hybridized carbons (Fsp3) is 1.00. The minimum atomic E-state index is 0.0441. The molecule has 3 heteroatoms. The van der Waals surface area contributed by atoms with Crippen LogP contribution >= 0.6 is 0 Å². The van der Waals surface area contributed by atoms with E-state index in [1.54, 1.807) is 0 Å². The maximum absolute atomic E-state index is 9.21. The number of aliphatic hydroxyl groups is 1. The average molecular weight is 200 g/mol. The molecule has 4 N–H and O–H groups in total. The van der Waals surface area contributed by atoms with Crippen molar-refractivity contribution in [3.63, 3.8) is 0 Å². The van der Waals surface area contributed by atoms with Gasteiger partial charge < -0.3 is 16.2 Å². The molecule has 0 aromatic heterocycles. The van der Waals surface area contributed by atoms with Gasteiger partial charge in [-0.2, -0.15) is 0 Å². The summed E-state index contributed by atoms with van der Waals surface area (Å²) >= 11 is 0. The lowest BCUT2D eigenvalue weighted by Gasteiger charge is -2.34. The van der Waals surface area contributed by atoms with Gasteiger partial charge in [-0.05, 0) is 32.1 Å². The molecule has 0 aromatic rings. The summed E-state index contributed by atoms with van der Waals surface area (Å²) < 4.78 is 0. The van der Waals surface area contributed by atoms with Gasteiger partial charge in [-0.25, -0.2) is 0 Å². The van der Waals surface area contributed by atoms with Gasteiger partial charge in [0.05, 0.1) is 0 Å². The first-order chi connectivity index (χ1) is 6.65. The largest absolute Gasteiger partial charge is 0.396 e. The molecule has 3 unspecified atom stereocenters. The highest BCUT2D eigenvalue weighted by molar-refractivity contribution is 4.91. The van der Waals surface area contributed by atoms with Crippen LogP contribution in [0.3, 0.4) is 0 Å². The van der Waals surface area contributed by atoms with Crippen LogP contribution in [0.4, 0.5) is 0 Å². The summed E-state index contributed by atoms with van der Waals surface area (Å²) in [6, 6.07) is 0.466. The Balaban J connectivity index is 2.49. The third-order valence-electron chi connectivity index (χ3n) is 3.66. The van der Waals surface area contributed by atoms with Crippen LogP contribution in [0.25, 0.3) is 0 Å². The van der Waals surface area contributed by atoms with Crippen LogP contribution in [-0.4, -0.2) is 29.8 Å². The number of nitrogens with two attached hydrogens (primary N) is 1. The van der Waals surface area contributed by atoms with E-state index in [1.165, 1.54) is 12.8 Å². The molecule has 1 saturated carbocycles. The van der Waals surface area contributed by atoms with Gasteiger partial charge in [0.2, 0.25) is 0 Å². The Morgan fingerprint density at radius 3 is 2.71 bits per heavy atom. The molecule has 1 aliphatic rings. The molecule has 0 bridgehead atoms. The Hall–Kier alpha value is -0.120. The third kappa shape index (κ3) is 2.69. The smallest absolute Gasteiger partial charge is 0.0474 e. The molecule has 0 aliphatic heterocycles. The second-order valence-electron chi connectivity index (χ2n) is 4.74. The van der Waals surface area contributed by atoms with Crippen molar-refractivity contribution in [1.82, 2.24) is 5.32 Å². The van der Waals surface area contributed by atoms with E-state index in [0.717, 1.165) is 12.8 Å². The van der Waals surface area contributed by atoms with Crippen LogP contribution in [-0.2, 0) is 0 Å².